The number of aliphatic hydroxyl groups excluding tert-OH is 2. The molecule has 18 nitrogen and oxygen atoms in total. The van der Waals surface area contributed by atoms with Crippen molar-refractivity contribution in [2.24, 2.45) is 0 Å². The smallest absolute Gasteiger partial charge is 0.282 e. The predicted octanol–water partition coefficient (Wildman–Crippen LogP) is -1.05. The summed E-state index contributed by atoms with van der Waals surface area (Å²) in [6, 6.07) is 0. The second-order valence-electron chi connectivity index (χ2n) is 9.59. The van der Waals surface area contributed by atoms with Gasteiger partial charge in [0.15, 0.2) is 41.0 Å². The number of aliphatic hydroxyl groups is 2. The number of hydrogen-bond donors (Lipinski definition) is 6. The number of nitrogens with one attached hydrogen (secondary N) is 2. The van der Waals surface area contributed by atoms with Gasteiger partial charge in [-0.05, 0) is 6.42 Å². The number of fused-ring (bicyclic) bond motifs is 2. The van der Waals surface area contributed by atoms with Crippen molar-refractivity contribution in [3.63, 3.8) is 0 Å². The summed E-state index contributed by atoms with van der Waals surface area (Å²) in [5.41, 5.74) is 2.09. The molecule has 42 heavy (non-hydrogen) atoms. The van der Waals surface area contributed by atoms with Crippen LogP contribution >= 0.6 is 18.8 Å². The summed E-state index contributed by atoms with van der Waals surface area (Å²) >= 11 is 4.12. The van der Waals surface area contributed by atoms with Crippen molar-refractivity contribution >= 4 is 47.1 Å². The lowest BCUT2D eigenvalue weighted by Crippen LogP contribution is -2.33. The first-order valence-electron chi connectivity index (χ1n) is 12.4. The molecule has 2 aliphatic heterocycles. The van der Waals surface area contributed by atoms with Gasteiger partial charge in [0, 0.05) is 6.61 Å². The third kappa shape index (κ3) is 4.70. The second kappa shape index (κ2) is 10.7. The molecule has 0 saturated carbocycles. The van der Waals surface area contributed by atoms with Gasteiger partial charge in [-0.2, -0.15) is 9.67 Å². The summed E-state index contributed by atoms with van der Waals surface area (Å²) in [4.78, 5) is 40.6. The Morgan fingerprint density at radius 1 is 1.12 bits per heavy atom. The van der Waals surface area contributed by atoms with Crippen LogP contribution in [0.25, 0.3) is 22.3 Å². The Morgan fingerprint density at radius 3 is 2.64 bits per heavy atom. The normalized spacial score (nSPS) is 31.3. The van der Waals surface area contributed by atoms with E-state index in [1.54, 1.807) is 0 Å². The fourth-order valence-corrected chi connectivity index (χ4v) is 7.55. The van der Waals surface area contributed by atoms with Crippen molar-refractivity contribution in [1.82, 2.24) is 44.5 Å². The highest BCUT2D eigenvalue weighted by Gasteiger charge is 2.56. The summed E-state index contributed by atoms with van der Waals surface area (Å²) in [6.07, 6.45) is -9.56. The van der Waals surface area contributed by atoms with Gasteiger partial charge in [0.05, 0.1) is 25.4 Å². The van der Waals surface area contributed by atoms with Crippen LogP contribution in [0, 0.1) is 0 Å². The molecule has 1 unspecified atom stereocenters. The Bertz CT molecular complexity index is 1800. The van der Waals surface area contributed by atoms with Gasteiger partial charge in [0.25, 0.3) is 17.7 Å². The highest BCUT2D eigenvalue weighted by atomic mass is 32.7. The Morgan fingerprint density at radius 2 is 1.88 bits per heavy atom. The molecule has 0 bridgehead atoms. The molecule has 9 atom stereocenters. The summed E-state index contributed by atoms with van der Waals surface area (Å²) < 4.78 is 63.5. The maximum absolute atomic E-state index is 15.7. The van der Waals surface area contributed by atoms with E-state index in [9.17, 15) is 24.4 Å². The molecular weight excluding hydrogens is 609 g/mol. The monoisotopic (exact) mass is 632 g/mol. The molecule has 6 rings (SSSR count). The summed E-state index contributed by atoms with van der Waals surface area (Å²) in [5, 5.41) is 27.5. The van der Waals surface area contributed by atoms with Crippen molar-refractivity contribution in [3.8, 4) is 0 Å². The zero-order valence-electron chi connectivity index (χ0n) is 21.1. The lowest BCUT2D eigenvalue weighted by Gasteiger charge is -2.26. The zero-order chi connectivity index (χ0) is 29.9. The molecule has 2 aliphatic rings. The fourth-order valence-electron chi connectivity index (χ4n) is 5.02. The standard InChI is InChI=1S/C20H23F2N10O8PS/c21-8-6(1-2-33)39-19(32-15-11(29-30-32)17(36)28-20(23)27-15)13(8)41(37,42)38-3-7-12(34)9(22)18(40-7)31-5-26-10-14(31)24-4-25-16(10)35/h4-9,12-13,18-19,33-34H,1-3H2,(H,37,42)(H,24,25,35)(H3,23,27,28,36)/t6-,7-,8-,9+,12-,13-,18-,19-,41?/m1/s1. The van der Waals surface area contributed by atoms with Crippen LogP contribution in [0.5, 0.6) is 0 Å². The topological polar surface area (TPSA) is 251 Å². The van der Waals surface area contributed by atoms with Crippen molar-refractivity contribution in [2.45, 2.75) is 55.2 Å². The number of H-pyrrole nitrogens is 2. The third-order valence-electron chi connectivity index (χ3n) is 7.03. The van der Waals surface area contributed by atoms with Crippen LogP contribution in [-0.2, 0) is 18.6 Å². The highest BCUT2D eigenvalue weighted by molar-refractivity contribution is 8.46. The molecule has 2 saturated heterocycles. The van der Waals surface area contributed by atoms with Crippen LogP contribution in [0.4, 0.5) is 14.7 Å². The predicted molar refractivity (Wildman–Crippen MR) is 140 cm³/mol. The number of aromatic nitrogens is 9. The molecule has 0 aromatic carbocycles. The number of thiol groups is 1. The number of nitrogen functional groups attached to an aromatic ring is 1. The van der Waals surface area contributed by atoms with Crippen molar-refractivity contribution in [2.75, 3.05) is 18.9 Å². The van der Waals surface area contributed by atoms with E-state index in [4.69, 9.17) is 19.7 Å². The quantitative estimate of drug-likeness (QED) is 0.100. The molecule has 6 heterocycles. The van der Waals surface area contributed by atoms with Gasteiger partial charge in [-0.25, -0.2) is 18.7 Å². The van der Waals surface area contributed by atoms with Crippen LogP contribution < -0.4 is 16.9 Å². The Hall–Kier alpha value is -3.33. The van der Waals surface area contributed by atoms with E-state index in [1.807, 2.05) is 0 Å². The largest absolute Gasteiger partial charge is 0.396 e. The lowest BCUT2D eigenvalue weighted by molar-refractivity contribution is -0.0414. The van der Waals surface area contributed by atoms with E-state index in [0.717, 1.165) is 21.9 Å². The molecule has 22 heteroatoms. The van der Waals surface area contributed by atoms with Crippen LogP contribution in [0.1, 0.15) is 18.9 Å². The van der Waals surface area contributed by atoms with E-state index in [1.165, 1.54) is 0 Å². The van der Waals surface area contributed by atoms with Crippen LogP contribution in [0.15, 0.2) is 22.2 Å². The van der Waals surface area contributed by atoms with Gasteiger partial charge >= 0.3 is 0 Å². The van der Waals surface area contributed by atoms with Gasteiger partial charge in [-0.1, -0.05) is 17.5 Å². The van der Waals surface area contributed by atoms with Gasteiger partial charge in [-0.15, -0.1) is 5.10 Å². The van der Waals surface area contributed by atoms with Crippen molar-refractivity contribution in [3.05, 3.63) is 33.4 Å². The third-order valence-corrected chi connectivity index (χ3v) is 9.99. The number of nitrogens with zero attached hydrogens (tertiary/aromatic N) is 7. The van der Waals surface area contributed by atoms with Crippen molar-refractivity contribution < 1.29 is 37.6 Å². The van der Waals surface area contributed by atoms with E-state index in [2.05, 4.69) is 47.5 Å². The number of anilines is 1. The van der Waals surface area contributed by atoms with Gasteiger partial charge in [0.1, 0.15) is 24.0 Å². The van der Waals surface area contributed by atoms with Gasteiger partial charge in [0.2, 0.25) is 5.95 Å². The van der Waals surface area contributed by atoms with Crippen LogP contribution in [0.3, 0.4) is 0 Å². The summed E-state index contributed by atoms with van der Waals surface area (Å²) in [7, 11) is 0. The number of ether oxygens (including phenoxy) is 2. The van der Waals surface area contributed by atoms with Gasteiger partial charge < -0.3 is 34.9 Å². The summed E-state index contributed by atoms with van der Waals surface area (Å²) in [6.45, 7) is -5.57. The number of hydrogen-bond acceptors (Lipinski definition) is 14. The first-order valence-corrected chi connectivity index (χ1v) is 15.2. The van der Waals surface area contributed by atoms with E-state index in [-0.39, 0.29) is 34.7 Å². The molecule has 0 amide bonds. The maximum Gasteiger partial charge on any atom is 0.282 e. The molecule has 0 radical (unpaired) electrons. The second-order valence-corrected chi connectivity index (χ2v) is 13.2. The SMILES string of the molecule is Nc1nc2c(nnn2[C@@H]2O[C@H](CCO)[C@@H](F)[C@H]2P(=O)(S)OC[C@H]2O[C@@H](n3cnc4c(=O)[nH]cnc43)[C@@H](F)[C@@H]2O)c(=O)[nH]1. The average molecular weight is 633 g/mol. The van der Waals surface area contributed by atoms with E-state index in [0.29, 0.717) is 0 Å². The Balaban J connectivity index is 1.26. The number of imidazole rings is 1. The first kappa shape index (κ1) is 28.8. The molecule has 0 aliphatic carbocycles. The fraction of sp³-hybridized carbons (Fsp3) is 0.550. The maximum atomic E-state index is 15.7. The minimum Gasteiger partial charge on any atom is -0.396 e. The minimum atomic E-state index is -4.39. The molecule has 6 N–H and O–H groups in total. The molecular formula is C20H23F2N10O8PS. The highest BCUT2D eigenvalue weighted by Crippen LogP contribution is 2.64. The number of aromatic amines is 2. The van der Waals surface area contributed by atoms with Crippen molar-refractivity contribution in [1.29, 1.82) is 0 Å². The number of rotatable bonds is 8. The minimum absolute atomic E-state index is 0.00526. The molecule has 4 aromatic heterocycles. The zero-order valence-corrected chi connectivity index (χ0v) is 22.9. The van der Waals surface area contributed by atoms with Crippen LogP contribution in [-0.4, -0.2) is 104 Å². The van der Waals surface area contributed by atoms with Gasteiger partial charge in [-0.3, -0.25) is 23.7 Å². The average Bonchev–Trinajstić information content (AvgIpc) is 3.69. The number of nitrogens with two attached hydrogens (primary N) is 1. The lowest BCUT2D eigenvalue weighted by atomic mass is 10.1. The van der Waals surface area contributed by atoms with E-state index < -0.39 is 79.7 Å². The first-order chi connectivity index (χ1) is 20.0. The Kier molecular flexibility index (Phi) is 7.36. The Labute approximate surface area is 236 Å². The number of alkyl halides is 2. The molecule has 2 fully saturated rings. The molecule has 4 aromatic rings. The summed E-state index contributed by atoms with van der Waals surface area (Å²) in [5.74, 6) is -0.298. The van der Waals surface area contributed by atoms with E-state index >= 15 is 8.78 Å². The molecule has 226 valence electrons. The van der Waals surface area contributed by atoms with Crippen LogP contribution in [0.2, 0.25) is 0 Å². The molecule has 0 spiro atoms. The number of halogens is 2.